The minimum Gasteiger partial charge on any atom is -0.429 e. The van der Waals surface area contributed by atoms with Gasteiger partial charge in [-0.05, 0) is 65.2 Å². The molecule has 0 radical (unpaired) electrons. The van der Waals surface area contributed by atoms with Crippen LogP contribution < -0.4 is 0 Å². The molecule has 10 heteroatoms. The molecule has 226 valence electrons. The lowest BCUT2D eigenvalue weighted by Gasteiger charge is -2.34. The van der Waals surface area contributed by atoms with Crippen molar-refractivity contribution >= 4 is 24.2 Å². The summed E-state index contributed by atoms with van der Waals surface area (Å²) in [6.45, 7) is 8.90. The van der Waals surface area contributed by atoms with Gasteiger partial charge < -0.3 is 9.47 Å². The maximum absolute atomic E-state index is 12.8. The Labute approximate surface area is 233 Å². The second-order valence-electron chi connectivity index (χ2n) is 11.1. The van der Waals surface area contributed by atoms with Gasteiger partial charge in [0.2, 0.25) is 0 Å². The Balaban J connectivity index is 2.34. The molecule has 1 rings (SSSR count). The summed E-state index contributed by atoms with van der Waals surface area (Å²) in [4.78, 5) is 65.6. The molecular formula is C29H50O10. The highest BCUT2D eigenvalue weighted by molar-refractivity contribution is 5.73. The van der Waals surface area contributed by atoms with E-state index in [0.717, 1.165) is 77.0 Å². The quantitative estimate of drug-likeness (QED) is 0.0803. The predicted molar refractivity (Wildman–Crippen MR) is 143 cm³/mol. The largest absolute Gasteiger partial charge is 0.550 e. The summed E-state index contributed by atoms with van der Waals surface area (Å²) in [5.74, 6) is -0.680. The number of carbonyl (C=O) groups excluding carboxylic acids is 4. The maximum Gasteiger partial charge on any atom is 0.550 e. The third-order valence-corrected chi connectivity index (χ3v) is 6.88. The van der Waals surface area contributed by atoms with Crippen molar-refractivity contribution in [3.8, 4) is 0 Å². The Morgan fingerprint density at radius 3 is 1.87 bits per heavy atom. The van der Waals surface area contributed by atoms with Crippen LogP contribution in [-0.4, -0.2) is 36.5 Å². The number of rotatable bonds is 16. The van der Waals surface area contributed by atoms with Gasteiger partial charge in [0, 0.05) is 0 Å². The first kappa shape index (κ1) is 34.5. The normalized spacial score (nSPS) is 18.9. The van der Waals surface area contributed by atoms with Gasteiger partial charge >= 0.3 is 24.2 Å². The molecule has 1 aliphatic rings. The number of hydrogen-bond donors (Lipinski definition) is 0. The van der Waals surface area contributed by atoms with Crippen molar-refractivity contribution in [3.05, 3.63) is 0 Å². The minimum absolute atomic E-state index is 0.174. The summed E-state index contributed by atoms with van der Waals surface area (Å²) in [7, 11) is 0. The molecule has 0 spiro atoms. The zero-order valence-corrected chi connectivity index (χ0v) is 24.6. The van der Waals surface area contributed by atoms with E-state index in [9.17, 15) is 19.2 Å². The molecule has 0 aromatic carbocycles. The van der Waals surface area contributed by atoms with Crippen LogP contribution in [0.3, 0.4) is 0 Å². The first-order valence-corrected chi connectivity index (χ1v) is 14.8. The van der Waals surface area contributed by atoms with Crippen LogP contribution in [0.4, 0.5) is 9.59 Å². The van der Waals surface area contributed by atoms with Crippen molar-refractivity contribution in [2.75, 3.05) is 0 Å². The second-order valence-corrected chi connectivity index (χ2v) is 11.1. The Morgan fingerprint density at radius 2 is 1.23 bits per heavy atom. The summed E-state index contributed by atoms with van der Waals surface area (Å²) in [6, 6.07) is 0. The van der Waals surface area contributed by atoms with Gasteiger partial charge in [0.25, 0.3) is 0 Å². The van der Waals surface area contributed by atoms with E-state index in [1.807, 2.05) is 0 Å². The van der Waals surface area contributed by atoms with Crippen molar-refractivity contribution in [1.29, 1.82) is 0 Å². The van der Waals surface area contributed by atoms with E-state index in [4.69, 9.17) is 14.4 Å². The molecular weight excluding hydrogens is 508 g/mol. The molecule has 0 N–H and O–H groups in total. The van der Waals surface area contributed by atoms with Crippen molar-refractivity contribution in [1.82, 2.24) is 0 Å². The van der Waals surface area contributed by atoms with Gasteiger partial charge in [0.1, 0.15) is 0 Å². The Morgan fingerprint density at radius 1 is 0.667 bits per heavy atom. The summed E-state index contributed by atoms with van der Waals surface area (Å²) in [6.07, 6.45) is 11.4. The van der Waals surface area contributed by atoms with Gasteiger partial charge in [0.15, 0.2) is 0 Å². The molecule has 1 saturated carbocycles. The van der Waals surface area contributed by atoms with Crippen molar-refractivity contribution in [3.63, 3.8) is 0 Å². The van der Waals surface area contributed by atoms with E-state index in [0.29, 0.717) is 12.3 Å². The van der Waals surface area contributed by atoms with E-state index >= 15 is 0 Å². The van der Waals surface area contributed by atoms with E-state index in [1.165, 1.54) is 6.42 Å². The molecule has 10 nitrogen and oxygen atoms in total. The lowest BCUT2D eigenvalue weighted by molar-refractivity contribution is -0.252. The van der Waals surface area contributed by atoms with Crippen LogP contribution in [0.25, 0.3) is 0 Å². The summed E-state index contributed by atoms with van der Waals surface area (Å²) in [5.41, 5.74) is 0. The fraction of sp³-hybridized carbons (Fsp3) is 0.862. The van der Waals surface area contributed by atoms with Gasteiger partial charge in [-0.15, -0.1) is 0 Å². The number of carbonyl (C=O) groups is 4. The second kappa shape index (κ2) is 20.4. The van der Waals surface area contributed by atoms with Gasteiger partial charge in [-0.1, -0.05) is 71.1 Å². The monoisotopic (exact) mass is 558 g/mol. The molecule has 0 aromatic rings. The standard InChI is InChI=1S/C29H50O10/c1-6-7-8-13-16-24-19-18-23(20-25(24)27(31)37-39-29(33)35-22(4)5)15-12-10-9-11-14-17-26(30)36-38-28(32)34-21(2)3/h21-25H,6-20H2,1-5H3. The van der Waals surface area contributed by atoms with Crippen molar-refractivity contribution < 1.29 is 48.2 Å². The highest BCUT2D eigenvalue weighted by atomic mass is 17.2. The zero-order chi connectivity index (χ0) is 29.0. The molecule has 0 aliphatic heterocycles. The fourth-order valence-electron chi connectivity index (χ4n) is 4.97. The van der Waals surface area contributed by atoms with Crippen LogP contribution in [0.15, 0.2) is 0 Å². The van der Waals surface area contributed by atoms with Gasteiger partial charge in [-0.2, -0.15) is 9.59 Å². The molecule has 0 heterocycles. The van der Waals surface area contributed by atoms with E-state index < -0.39 is 24.2 Å². The summed E-state index contributed by atoms with van der Waals surface area (Å²) in [5, 5.41) is 0. The van der Waals surface area contributed by atoms with Gasteiger partial charge in [0.05, 0.1) is 24.5 Å². The Kier molecular flexibility index (Phi) is 18.0. The van der Waals surface area contributed by atoms with Crippen molar-refractivity contribution in [2.24, 2.45) is 17.8 Å². The lowest BCUT2D eigenvalue weighted by Crippen LogP contribution is -2.33. The number of ether oxygens (including phenoxy) is 2. The highest BCUT2D eigenvalue weighted by Crippen LogP contribution is 2.40. The third-order valence-electron chi connectivity index (χ3n) is 6.88. The van der Waals surface area contributed by atoms with Crippen LogP contribution in [0.5, 0.6) is 0 Å². The molecule has 3 unspecified atom stereocenters. The van der Waals surface area contributed by atoms with Crippen LogP contribution in [0, 0.1) is 17.8 Å². The predicted octanol–water partition coefficient (Wildman–Crippen LogP) is 7.76. The molecule has 39 heavy (non-hydrogen) atoms. The molecule has 3 atom stereocenters. The smallest absolute Gasteiger partial charge is 0.429 e. The fourth-order valence-corrected chi connectivity index (χ4v) is 4.97. The molecule has 0 bridgehead atoms. The lowest BCUT2D eigenvalue weighted by atomic mass is 9.71. The SMILES string of the molecule is CCCCCCC1CCC(CCCCCCCC(=O)OOC(=O)OC(C)C)CC1C(=O)OOC(=O)OC(C)C. The topological polar surface area (TPSA) is 124 Å². The van der Waals surface area contributed by atoms with E-state index in [2.05, 4.69) is 21.6 Å². The minimum atomic E-state index is -1.03. The maximum atomic E-state index is 12.8. The molecule has 1 fully saturated rings. The summed E-state index contributed by atoms with van der Waals surface area (Å²) < 4.78 is 9.60. The first-order chi connectivity index (χ1) is 18.6. The first-order valence-electron chi connectivity index (χ1n) is 14.8. The van der Waals surface area contributed by atoms with Crippen LogP contribution in [0.1, 0.15) is 131 Å². The van der Waals surface area contributed by atoms with Crippen LogP contribution in [0.2, 0.25) is 0 Å². The Bertz CT molecular complexity index is 721. The Hall–Kier alpha value is -2.52. The molecule has 0 aromatic heterocycles. The van der Waals surface area contributed by atoms with E-state index in [-0.39, 0.29) is 30.5 Å². The van der Waals surface area contributed by atoms with Gasteiger partial charge in [-0.3, -0.25) is 0 Å². The van der Waals surface area contributed by atoms with Gasteiger partial charge in [-0.25, -0.2) is 29.1 Å². The molecule has 1 aliphatic carbocycles. The highest BCUT2D eigenvalue weighted by Gasteiger charge is 2.37. The summed E-state index contributed by atoms with van der Waals surface area (Å²) >= 11 is 0. The molecule has 0 amide bonds. The van der Waals surface area contributed by atoms with Crippen LogP contribution >= 0.6 is 0 Å². The third kappa shape index (κ3) is 16.9. The zero-order valence-electron chi connectivity index (χ0n) is 24.6. The number of hydrogen-bond acceptors (Lipinski definition) is 10. The molecule has 0 saturated heterocycles. The average molecular weight is 559 g/mol. The number of unbranched alkanes of at least 4 members (excludes halogenated alkanes) is 7. The average Bonchev–Trinajstić information content (AvgIpc) is 2.87. The van der Waals surface area contributed by atoms with Crippen molar-refractivity contribution in [2.45, 2.75) is 143 Å². The van der Waals surface area contributed by atoms with Crippen LogP contribution in [-0.2, 0) is 38.6 Å². The van der Waals surface area contributed by atoms with E-state index in [1.54, 1.807) is 27.7 Å².